The second-order valence-electron chi connectivity index (χ2n) is 0. The van der Waals surface area contributed by atoms with Crippen LogP contribution in [0.3, 0.4) is 0 Å². The van der Waals surface area contributed by atoms with Gasteiger partial charge in [-0.05, 0) is 0 Å². The predicted octanol–water partition coefficient (Wildman–Crippen LogP) is -0.0175. The molecule has 0 saturated carbocycles. The van der Waals surface area contributed by atoms with E-state index in [1.807, 2.05) is 0 Å². The van der Waals surface area contributed by atoms with Gasteiger partial charge in [0.25, 0.3) is 0 Å². The van der Waals surface area contributed by atoms with Gasteiger partial charge in [0.2, 0.25) is 0 Å². The van der Waals surface area contributed by atoms with Gasteiger partial charge in [-0.15, -0.1) is 0 Å². The molecule has 0 radical (unpaired) electrons. The first-order valence-corrected chi connectivity index (χ1v) is 0. The van der Waals surface area contributed by atoms with Gasteiger partial charge in [-0.1, -0.05) is 0 Å². The molecular weight excluding hydrogens is 787 g/mol. The van der Waals surface area contributed by atoms with Gasteiger partial charge < -0.3 is 0 Å². The molecule has 0 saturated heterocycles. The van der Waals surface area contributed by atoms with E-state index in [4.69, 9.17) is 0 Å². The summed E-state index contributed by atoms with van der Waals surface area (Å²) in [5, 5.41) is 0. The molecule has 0 fully saturated rings. The molecule has 14 valence electrons. The van der Waals surface area contributed by atoms with Gasteiger partial charge in [0, 0.05) is 191 Å². The maximum Gasteiger partial charge on any atom is 0 e. The molecule has 0 heterocycles. The fourth-order valence-corrected chi connectivity index (χ4v) is 0. The molecule has 7 heavy (non-hydrogen) atoms. The maximum atomic E-state index is 0. The Morgan fingerprint density at radius 2 is 0.143 bits per heavy atom. The van der Waals surface area contributed by atoms with Crippen molar-refractivity contribution in [3.05, 3.63) is 0 Å². The summed E-state index contributed by atoms with van der Waals surface area (Å²) in [4.78, 5) is 0. The van der Waals surface area contributed by atoms with Crippen molar-refractivity contribution in [3.63, 3.8) is 0 Å². The van der Waals surface area contributed by atoms with Gasteiger partial charge >= 0.3 is 0 Å². The molecule has 0 spiro atoms. The molecule has 0 nitrogen and oxygen atoms in total. The molecular formula is Cd7. The minimum atomic E-state index is 0. The van der Waals surface area contributed by atoms with E-state index < -0.39 is 0 Å². The first-order chi connectivity index (χ1) is 0. The Balaban J connectivity index is 0. The summed E-state index contributed by atoms with van der Waals surface area (Å²) >= 11 is 0. The van der Waals surface area contributed by atoms with Crippen molar-refractivity contribution in [2.45, 2.75) is 0 Å². The van der Waals surface area contributed by atoms with Crippen LogP contribution in [0.1, 0.15) is 0 Å². The van der Waals surface area contributed by atoms with Crippen LogP contribution in [0.25, 0.3) is 0 Å². The minimum Gasteiger partial charge on any atom is 0 e. The predicted molar refractivity (Wildman–Crippen MR) is 0 cm³/mol. The smallest absolute Gasteiger partial charge is 0 e. The van der Waals surface area contributed by atoms with E-state index in [2.05, 4.69) is 0 Å². The van der Waals surface area contributed by atoms with E-state index >= 15 is 0 Å². The Kier molecular flexibility index (Phi) is 281. The van der Waals surface area contributed by atoms with Crippen LogP contribution in [0.2, 0.25) is 0 Å². The third-order valence-electron chi connectivity index (χ3n) is 0. The zero-order chi connectivity index (χ0) is 0. The summed E-state index contributed by atoms with van der Waals surface area (Å²) in [6.07, 6.45) is 0. The number of hydrogen-bond donors (Lipinski definition) is 0. The molecule has 0 aromatic rings. The van der Waals surface area contributed by atoms with Crippen LogP contribution in [0.15, 0.2) is 0 Å². The first kappa shape index (κ1) is 50.1. The molecule has 0 bridgehead atoms. The summed E-state index contributed by atoms with van der Waals surface area (Å²) in [5.74, 6) is 0. The molecule has 0 rings (SSSR count). The minimum absolute atomic E-state index is 0. The van der Waals surface area contributed by atoms with E-state index in [1.54, 1.807) is 0 Å². The monoisotopic (exact) mass is 797 g/mol. The van der Waals surface area contributed by atoms with E-state index in [1.165, 1.54) is 0 Å². The van der Waals surface area contributed by atoms with Crippen molar-refractivity contribution < 1.29 is 191 Å². The Hall–Kier alpha value is 6.45. The molecule has 0 aromatic carbocycles. The zero-order valence-corrected chi connectivity index (χ0v) is 33.2. The molecule has 0 amide bonds. The summed E-state index contributed by atoms with van der Waals surface area (Å²) in [6.45, 7) is 0. The standard InChI is InChI=1S/7Cd. The summed E-state index contributed by atoms with van der Waals surface area (Å²) < 4.78 is 0. The van der Waals surface area contributed by atoms with Gasteiger partial charge in [0.05, 0.1) is 0 Å². The van der Waals surface area contributed by atoms with E-state index in [0.717, 1.165) is 0 Å². The van der Waals surface area contributed by atoms with Crippen LogP contribution >= 0.6 is 0 Å². The first-order valence-electron chi connectivity index (χ1n) is 0. The third-order valence-corrected chi connectivity index (χ3v) is 0. The summed E-state index contributed by atoms with van der Waals surface area (Å²) in [5.41, 5.74) is 0. The van der Waals surface area contributed by atoms with Gasteiger partial charge in [-0.25, -0.2) is 0 Å². The van der Waals surface area contributed by atoms with E-state index in [-0.39, 0.29) is 191 Å². The van der Waals surface area contributed by atoms with Crippen LogP contribution in [-0.4, -0.2) is 0 Å². The number of hydrogen-bond acceptors (Lipinski definition) is 0. The molecule has 0 unspecified atom stereocenters. The summed E-state index contributed by atoms with van der Waals surface area (Å²) in [6, 6.07) is 0. The SMILES string of the molecule is [Cd].[Cd].[Cd].[Cd].[Cd].[Cd].[Cd]. The number of rotatable bonds is 0. The summed E-state index contributed by atoms with van der Waals surface area (Å²) in [7, 11) is 0. The second-order valence-corrected chi connectivity index (χ2v) is 0. The Labute approximate surface area is 185 Å². The van der Waals surface area contributed by atoms with Crippen molar-refractivity contribution in [2.24, 2.45) is 0 Å². The molecule has 0 N–H and O–H groups in total. The fraction of sp³-hybridized carbons (Fsp3) is 0. The quantitative estimate of drug-likeness (QED) is 0.304. The average molecular weight is 787 g/mol. The second kappa shape index (κ2) is 39.2. The van der Waals surface area contributed by atoms with Crippen LogP contribution in [-0.2, 0) is 191 Å². The molecule has 0 aromatic heterocycles. The molecule has 7 heteroatoms. The zero-order valence-electron chi connectivity index (χ0n) is 4.95. The average Bonchev–Trinajstić information content (AvgIpc) is 0. The Morgan fingerprint density at radius 3 is 0.143 bits per heavy atom. The van der Waals surface area contributed by atoms with Crippen molar-refractivity contribution in [2.75, 3.05) is 0 Å². The van der Waals surface area contributed by atoms with Crippen molar-refractivity contribution in [1.82, 2.24) is 0 Å². The maximum absolute atomic E-state index is 0. The normalized spacial score (nSPS) is 0. The molecule has 0 aliphatic carbocycles. The van der Waals surface area contributed by atoms with Crippen molar-refractivity contribution in [1.29, 1.82) is 0 Å². The van der Waals surface area contributed by atoms with Crippen LogP contribution in [0.4, 0.5) is 0 Å². The van der Waals surface area contributed by atoms with Crippen molar-refractivity contribution >= 4 is 0 Å². The van der Waals surface area contributed by atoms with E-state index in [0.29, 0.717) is 0 Å². The molecule has 0 aliphatic heterocycles. The molecule has 0 aliphatic rings. The van der Waals surface area contributed by atoms with Gasteiger partial charge in [0.15, 0.2) is 0 Å². The van der Waals surface area contributed by atoms with Crippen LogP contribution in [0, 0.1) is 0 Å². The Bertz CT molecular complexity index is 0. The van der Waals surface area contributed by atoms with E-state index in [9.17, 15) is 0 Å². The van der Waals surface area contributed by atoms with Gasteiger partial charge in [-0.2, -0.15) is 0 Å². The third kappa shape index (κ3) is 32.7. The van der Waals surface area contributed by atoms with Crippen LogP contribution < -0.4 is 0 Å². The largest absolute Gasteiger partial charge is 0 e. The van der Waals surface area contributed by atoms with Crippen molar-refractivity contribution in [3.8, 4) is 0 Å². The topological polar surface area (TPSA) is 0 Å². The Morgan fingerprint density at radius 1 is 0.143 bits per heavy atom. The van der Waals surface area contributed by atoms with Crippen LogP contribution in [0.5, 0.6) is 0 Å². The van der Waals surface area contributed by atoms with Gasteiger partial charge in [-0.3, -0.25) is 0 Å². The van der Waals surface area contributed by atoms with Gasteiger partial charge in [0.1, 0.15) is 0 Å². The molecule has 0 atom stereocenters. The fourth-order valence-electron chi connectivity index (χ4n) is 0.